The van der Waals surface area contributed by atoms with Crippen molar-refractivity contribution in [2.75, 3.05) is 10.6 Å². The van der Waals surface area contributed by atoms with Gasteiger partial charge in [0.25, 0.3) is 5.91 Å². The number of para-hydroxylation sites is 1. The fraction of sp³-hybridized carbons (Fsp3) is 0.476. The molecular formula is C21H28N4O. The smallest absolute Gasteiger partial charge is 0.274 e. The van der Waals surface area contributed by atoms with Gasteiger partial charge in [-0.25, -0.2) is 9.97 Å². The van der Waals surface area contributed by atoms with E-state index in [2.05, 4.69) is 27.5 Å². The van der Waals surface area contributed by atoms with E-state index in [1.807, 2.05) is 32.0 Å². The normalized spacial score (nSPS) is 14.9. The third kappa shape index (κ3) is 4.40. The Morgan fingerprint density at radius 3 is 2.65 bits per heavy atom. The van der Waals surface area contributed by atoms with Crippen molar-refractivity contribution in [2.45, 2.75) is 65.3 Å². The Balaban J connectivity index is 1.79. The molecule has 1 aromatic carbocycles. The molecule has 2 aromatic rings. The number of anilines is 2. The number of amides is 1. The van der Waals surface area contributed by atoms with Crippen LogP contribution in [0.2, 0.25) is 0 Å². The van der Waals surface area contributed by atoms with Crippen LogP contribution in [0.15, 0.2) is 24.3 Å². The van der Waals surface area contributed by atoms with E-state index in [1.165, 1.54) is 19.3 Å². The number of nitrogens with one attached hydrogen (secondary N) is 2. The van der Waals surface area contributed by atoms with Gasteiger partial charge in [-0.2, -0.15) is 0 Å². The van der Waals surface area contributed by atoms with E-state index in [-0.39, 0.29) is 5.91 Å². The summed E-state index contributed by atoms with van der Waals surface area (Å²) in [5.74, 6) is 1.16. The molecule has 5 nitrogen and oxygen atoms in total. The SMILES string of the molecule is CCc1cccc(C)c1NC(=O)c1cc(NC2CCCCC2)nc(C)n1. The standard InChI is InChI=1S/C21H28N4O/c1-4-16-10-8-9-14(2)20(16)25-21(26)18-13-19(23-15(3)22-18)24-17-11-6-5-7-12-17/h8-10,13,17H,4-7,11-12H2,1-3H3,(H,25,26)(H,22,23,24). The highest BCUT2D eigenvalue weighted by Crippen LogP contribution is 2.23. The van der Waals surface area contributed by atoms with Crippen LogP contribution >= 0.6 is 0 Å². The maximum Gasteiger partial charge on any atom is 0.274 e. The zero-order chi connectivity index (χ0) is 18.5. The van der Waals surface area contributed by atoms with Crippen molar-refractivity contribution in [3.05, 3.63) is 46.9 Å². The van der Waals surface area contributed by atoms with Gasteiger partial charge in [-0.1, -0.05) is 44.4 Å². The monoisotopic (exact) mass is 352 g/mol. The summed E-state index contributed by atoms with van der Waals surface area (Å²) in [5, 5.41) is 6.53. The topological polar surface area (TPSA) is 66.9 Å². The van der Waals surface area contributed by atoms with Crippen LogP contribution in [0.4, 0.5) is 11.5 Å². The van der Waals surface area contributed by atoms with E-state index < -0.39 is 0 Å². The number of carbonyl (C=O) groups is 1. The minimum atomic E-state index is -0.189. The molecule has 0 bridgehead atoms. The van der Waals surface area contributed by atoms with Gasteiger partial charge in [0.2, 0.25) is 0 Å². The van der Waals surface area contributed by atoms with Crippen molar-refractivity contribution in [3.8, 4) is 0 Å². The Morgan fingerprint density at radius 1 is 1.15 bits per heavy atom. The van der Waals surface area contributed by atoms with Crippen LogP contribution in [-0.4, -0.2) is 21.9 Å². The molecule has 0 unspecified atom stereocenters. The predicted octanol–water partition coefficient (Wildman–Crippen LogP) is 4.65. The number of rotatable bonds is 5. The Bertz CT molecular complexity index is 782. The number of benzene rings is 1. The molecule has 1 saturated carbocycles. The first kappa shape index (κ1) is 18.4. The lowest BCUT2D eigenvalue weighted by Crippen LogP contribution is -2.24. The second-order valence-electron chi connectivity index (χ2n) is 7.08. The molecule has 0 saturated heterocycles. The van der Waals surface area contributed by atoms with Gasteiger partial charge in [0, 0.05) is 17.8 Å². The van der Waals surface area contributed by atoms with Crippen molar-refractivity contribution < 1.29 is 4.79 Å². The summed E-state index contributed by atoms with van der Waals surface area (Å²) < 4.78 is 0. The summed E-state index contributed by atoms with van der Waals surface area (Å²) in [7, 11) is 0. The van der Waals surface area contributed by atoms with Gasteiger partial charge >= 0.3 is 0 Å². The number of nitrogens with zero attached hydrogens (tertiary/aromatic N) is 2. The summed E-state index contributed by atoms with van der Waals surface area (Å²) >= 11 is 0. The highest BCUT2D eigenvalue weighted by Gasteiger charge is 2.17. The first-order chi connectivity index (χ1) is 12.6. The Labute approximate surface area is 155 Å². The van der Waals surface area contributed by atoms with Crippen LogP contribution in [0.1, 0.15) is 66.5 Å². The van der Waals surface area contributed by atoms with E-state index >= 15 is 0 Å². The molecule has 1 amide bonds. The molecule has 26 heavy (non-hydrogen) atoms. The molecule has 5 heteroatoms. The van der Waals surface area contributed by atoms with Gasteiger partial charge in [-0.15, -0.1) is 0 Å². The first-order valence-electron chi connectivity index (χ1n) is 9.59. The van der Waals surface area contributed by atoms with E-state index in [9.17, 15) is 4.79 Å². The maximum atomic E-state index is 12.8. The van der Waals surface area contributed by atoms with Crippen LogP contribution in [0.3, 0.4) is 0 Å². The fourth-order valence-corrected chi connectivity index (χ4v) is 3.59. The molecule has 0 atom stereocenters. The van der Waals surface area contributed by atoms with Crippen molar-refractivity contribution in [1.29, 1.82) is 0 Å². The average molecular weight is 352 g/mol. The average Bonchev–Trinajstić information content (AvgIpc) is 2.63. The van der Waals surface area contributed by atoms with Crippen LogP contribution in [0, 0.1) is 13.8 Å². The quantitative estimate of drug-likeness (QED) is 0.822. The Hall–Kier alpha value is -2.43. The second-order valence-corrected chi connectivity index (χ2v) is 7.08. The lowest BCUT2D eigenvalue weighted by molar-refractivity contribution is 0.102. The highest BCUT2D eigenvalue weighted by molar-refractivity contribution is 6.04. The first-order valence-corrected chi connectivity index (χ1v) is 9.59. The summed E-state index contributed by atoms with van der Waals surface area (Å²) in [4.78, 5) is 21.6. The van der Waals surface area contributed by atoms with Crippen molar-refractivity contribution in [3.63, 3.8) is 0 Å². The molecule has 1 aliphatic rings. The molecule has 2 N–H and O–H groups in total. The van der Waals surface area contributed by atoms with Gasteiger partial charge in [0.05, 0.1) is 0 Å². The fourth-order valence-electron chi connectivity index (χ4n) is 3.59. The lowest BCUT2D eigenvalue weighted by Gasteiger charge is -2.23. The van der Waals surface area contributed by atoms with Crippen LogP contribution in [0.25, 0.3) is 0 Å². The largest absolute Gasteiger partial charge is 0.367 e. The highest BCUT2D eigenvalue weighted by atomic mass is 16.1. The van der Waals surface area contributed by atoms with Gasteiger partial charge < -0.3 is 10.6 Å². The van der Waals surface area contributed by atoms with Gasteiger partial charge in [0.1, 0.15) is 17.3 Å². The summed E-state index contributed by atoms with van der Waals surface area (Å²) in [5.41, 5.74) is 3.48. The maximum absolute atomic E-state index is 12.8. The van der Waals surface area contributed by atoms with Gasteiger partial charge in [0.15, 0.2) is 0 Å². The Kier molecular flexibility index (Phi) is 5.86. The molecule has 1 aromatic heterocycles. The molecule has 0 spiro atoms. The number of hydrogen-bond donors (Lipinski definition) is 2. The zero-order valence-electron chi connectivity index (χ0n) is 15.9. The van der Waals surface area contributed by atoms with Crippen LogP contribution in [0.5, 0.6) is 0 Å². The predicted molar refractivity (Wildman–Crippen MR) is 106 cm³/mol. The Morgan fingerprint density at radius 2 is 1.92 bits per heavy atom. The van der Waals surface area contributed by atoms with E-state index in [1.54, 1.807) is 6.07 Å². The summed E-state index contributed by atoms with van der Waals surface area (Å²) in [6.45, 7) is 5.93. The van der Waals surface area contributed by atoms with E-state index in [0.717, 1.165) is 41.9 Å². The minimum Gasteiger partial charge on any atom is -0.367 e. The van der Waals surface area contributed by atoms with Crippen LogP contribution < -0.4 is 10.6 Å². The molecule has 1 aliphatic carbocycles. The zero-order valence-corrected chi connectivity index (χ0v) is 15.9. The molecule has 0 radical (unpaired) electrons. The van der Waals surface area contributed by atoms with Crippen molar-refractivity contribution in [1.82, 2.24) is 9.97 Å². The number of carbonyl (C=O) groups excluding carboxylic acids is 1. The molecule has 138 valence electrons. The van der Waals surface area contributed by atoms with Crippen LogP contribution in [-0.2, 0) is 6.42 Å². The molecule has 1 fully saturated rings. The number of hydrogen-bond acceptors (Lipinski definition) is 4. The summed E-state index contributed by atoms with van der Waals surface area (Å²) in [6, 6.07) is 8.28. The minimum absolute atomic E-state index is 0.189. The number of aromatic nitrogens is 2. The van der Waals surface area contributed by atoms with Gasteiger partial charge in [-0.05, 0) is 44.2 Å². The lowest BCUT2D eigenvalue weighted by atomic mass is 9.95. The van der Waals surface area contributed by atoms with E-state index in [0.29, 0.717) is 17.6 Å². The third-order valence-corrected chi connectivity index (χ3v) is 5.01. The summed E-state index contributed by atoms with van der Waals surface area (Å²) in [6.07, 6.45) is 7.00. The van der Waals surface area contributed by atoms with Crippen molar-refractivity contribution in [2.24, 2.45) is 0 Å². The second kappa shape index (κ2) is 8.30. The molecule has 0 aliphatic heterocycles. The van der Waals surface area contributed by atoms with Crippen molar-refractivity contribution >= 4 is 17.4 Å². The molecular weight excluding hydrogens is 324 g/mol. The van der Waals surface area contributed by atoms with E-state index in [4.69, 9.17) is 0 Å². The third-order valence-electron chi connectivity index (χ3n) is 5.01. The molecule has 3 rings (SSSR count). The molecule has 1 heterocycles. The van der Waals surface area contributed by atoms with Gasteiger partial charge in [-0.3, -0.25) is 4.79 Å². The number of aryl methyl sites for hydroxylation is 3.